The molecule has 1 aromatic rings. The molecule has 1 N–H and O–H groups in total. The average Bonchev–Trinajstić information content (AvgIpc) is 2.14. The van der Waals surface area contributed by atoms with Gasteiger partial charge in [-0.05, 0) is 16.5 Å². The van der Waals surface area contributed by atoms with E-state index >= 15 is 0 Å². The van der Waals surface area contributed by atoms with Crippen LogP contribution in [-0.4, -0.2) is 14.9 Å². The molecule has 0 aromatic carbocycles. The molecule has 0 aliphatic heterocycles. The zero-order chi connectivity index (χ0) is 6.85. The van der Waals surface area contributed by atoms with Crippen molar-refractivity contribution in [2.75, 3.05) is 0 Å². The Bertz CT molecular complexity index is 233. The minimum Gasteiger partial charge on any atom is -0.390 e. The van der Waals surface area contributed by atoms with Gasteiger partial charge in [0.05, 0.1) is 0 Å². The van der Waals surface area contributed by atoms with Crippen LogP contribution in [0.15, 0.2) is 6.20 Å². The Morgan fingerprint density at radius 3 is 2.78 bits per heavy atom. The second-order valence-electron chi connectivity index (χ2n) is 1.30. The molecular formula is C3H2ClN3O2. The zero-order valence-electron chi connectivity index (χ0n) is 4.17. The molecule has 0 saturated heterocycles. The molecule has 0 fully saturated rings. The number of aromatic amines is 1. The summed E-state index contributed by atoms with van der Waals surface area (Å²) in [6.07, 6.45) is 1.25. The Hall–Kier alpha value is -1.10. The lowest BCUT2D eigenvalue weighted by Gasteiger charge is -1.83. The van der Waals surface area contributed by atoms with E-state index in [2.05, 4.69) is 9.97 Å². The maximum Gasteiger partial charge on any atom is 0.433 e. The van der Waals surface area contributed by atoms with Crippen molar-refractivity contribution in [2.24, 2.45) is 0 Å². The van der Waals surface area contributed by atoms with Crippen molar-refractivity contribution in [1.82, 2.24) is 9.97 Å². The molecule has 1 aromatic heterocycles. The average molecular weight is 148 g/mol. The van der Waals surface area contributed by atoms with Gasteiger partial charge in [0.25, 0.3) is 0 Å². The highest BCUT2D eigenvalue weighted by Crippen LogP contribution is 2.08. The summed E-state index contributed by atoms with van der Waals surface area (Å²) in [6, 6.07) is 0. The fraction of sp³-hybridized carbons (Fsp3) is 0. The van der Waals surface area contributed by atoms with Crippen LogP contribution >= 0.6 is 11.6 Å². The molecule has 9 heavy (non-hydrogen) atoms. The molecule has 6 heteroatoms. The van der Waals surface area contributed by atoms with Crippen molar-refractivity contribution < 1.29 is 4.92 Å². The van der Waals surface area contributed by atoms with Gasteiger partial charge in [0.1, 0.15) is 6.20 Å². The maximum absolute atomic E-state index is 9.87. The summed E-state index contributed by atoms with van der Waals surface area (Å²) < 4.78 is 0. The minimum atomic E-state index is -0.647. The Morgan fingerprint density at radius 1 is 1.89 bits per heavy atom. The van der Waals surface area contributed by atoms with E-state index in [0.29, 0.717) is 0 Å². The zero-order valence-corrected chi connectivity index (χ0v) is 4.92. The molecule has 0 spiro atoms. The predicted octanol–water partition coefficient (Wildman–Crippen LogP) is 0.971. The fourth-order valence-electron chi connectivity index (χ4n) is 0.383. The van der Waals surface area contributed by atoms with E-state index < -0.39 is 4.92 Å². The third kappa shape index (κ3) is 1.17. The molecule has 0 saturated carbocycles. The van der Waals surface area contributed by atoms with E-state index in [9.17, 15) is 10.1 Å². The van der Waals surface area contributed by atoms with E-state index in [1.54, 1.807) is 0 Å². The van der Waals surface area contributed by atoms with Gasteiger partial charge in [-0.2, -0.15) is 0 Å². The molecular weight excluding hydrogens is 146 g/mol. The van der Waals surface area contributed by atoms with E-state index in [0.717, 1.165) is 0 Å². The van der Waals surface area contributed by atoms with Crippen LogP contribution in [0.4, 0.5) is 5.95 Å². The second kappa shape index (κ2) is 2.02. The maximum atomic E-state index is 9.87. The van der Waals surface area contributed by atoms with Crippen LogP contribution in [-0.2, 0) is 0 Å². The van der Waals surface area contributed by atoms with Gasteiger partial charge in [-0.1, -0.05) is 4.98 Å². The summed E-state index contributed by atoms with van der Waals surface area (Å²) in [5.74, 6) is -0.333. The number of halogens is 1. The van der Waals surface area contributed by atoms with Gasteiger partial charge in [0.15, 0.2) is 0 Å². The molecule has 0 aliphatic rings. The van der Waals surface area contributed by atoms with Gasteiger partial charge in [-0.15, -0.1) is 0 Å². The van der Waals surface area contributed by atoms with Crippen molar-refractivity contribution in [3.8, 4) is 0 Å². The van der Waals surface area contributed by atoms with Crippen LogP contribution in [0.3, 0.4) is 0 Å². The SMILES string of the molecule is O=[N+]([O-])c1nc(Cl)c[nH]1. The molecule has 1 heterocycles. The third-order valence-corrected chi connectivity index (χ3v) is 0.900. The summed E-state index contributed by atoms with van der Waals surface area (Å²) in [4.78, 5) is 14.8. The smallest absolute Gasteiger partial charge is 0.390 e. The lowest BCUT2D eigenvalue weighted by molar-refractivity contribution is -0.393. The van der Waals surface area contributed by atoms with Gasteiger partial charge in [-0.25, -0.2) is 4.98 Å². The Kier molecular flexibility index (Phi) is 1.35. The topological polar surface area (TPSA) is 71.8 Å². The molecule has 48 valence electrons. The number of H-pyrrole nitrogens is 1. The summed E-state index contributed by atoms with van der Waals surface area (Å²) >= 11 is 5.26. The Labute approximate surface area is 54.8 Å². The van der Waals surface area contributed by atoms with Crippen molar-refractivity contribution in [2.45, 2.75) is 0 Å². The van der Waals surface area contributed by atoms with Crippen molar-refractivity contribution in [1.29, 1.82) is 0 Å². The highest BCUT2D eigenvalue weighted by molar-refractivity contribution is 6.29. The Balaban J connectivity index is 2.98. The number of hydrogen-bond acceptors (Lipinski definition) is 3. The number of nitro groups is 1. The first-order valence-electron chi connectivity index (χ1n) is 2.05. The molecule has 0 atom stereocenters. The summed E-state index contributed by atoms with van der Waals surface area (Å²) in [6.45, 7) is 0. The number of rotatable bonds is 1. The van der Waals surface area contributed by atoms with E-state index in [-0.39, 0.29) is 11.1 Å². The normalized spacial score (nSPS) is 9.44. The molecule has 0 radical (unpaired) electrons. The summed E-state index contributed by atoms with van der Waals surface area (Å²) in [5.41, 5.74) is 0. The fourth-order valence-corrected chi connectivity index (χ4v) is 0.518. The van der Waals surface area contributed by atoms with Crippen molar-refractivity contribution in [3.63, 3.8) is 0 Å². The van der Waals surface area contributed by atoms with Gasteiger partial charge in [0.2, 0.25) is 5.15 Å². The van der Waals surface area contributed by atoms with Gasteiger partial charge in [0, 0.05) is 0 Å². The lowest BCUT2D eigenvalue weighted by atomic mass is 11.0. The first kappa shape index (κ1) is 6.03. The van der Waals surface area contributed by atoms with Gasteiger partial charge < -0.3 is 10.1 Å². The number of aromatic nitrogens is 2. The second-order valence-corrected chi connectivity index (χ2v) is 1.69. The first-order valence-corrected chi connectivity index (χ1v) is 2.43. The monoisotopic (exact) mass is 147 g/mol. The standard InChI is InChI=1S/C3H2ClN3O2/c4-2-1-5-3(6-2)7(8)9/h1H,(H,5,6). The molecule has 5 nitrogen and oxygen atoms in total. The lowest BCUT2D eigenvalue weighted by Crippen LogP contribution is -1.88. The number of hydrogen-bond donors (Lipinski definition) is 1. The van der Waals surface area contributed by atoms with E-state index in [1.165, 1.54) is 6.20 Å². The van der Waals surface area contributed by atoms with Crippen LogP contribution in [0, 0.1) is 10.1 Å². The van der Waals surface area contributed by atoms with Crippen LogP contribution in [0.1, 0.15) is 0 Å². The van der Waals surface area contributed by atoms with Crippen LogP contribution < -0.4 is 0 Å². The largest absolute Gasteiger partial charge is 0.433 e. The van der Waals surface area contributed by atoms with Crippen LogP contribution in [0.5, 0.6) is 0 Å². The van der Waals surface area contributed by atoms with E-state index in [4.69, 9.17) is 11.6 Å². The minimum absolute atomic E-state index is 0.0988. The number of imidazole rings is 1. The van der Waals surface area contributed by atoms with Crippen LogP contribution in [0.2, 0.25) is 5.15 Å². The van der Waals surface area contributed by atoms with Gasteiger partial charge in [-0.3, -0.25) is 0 Å². The number of nitrogens with zero attached hydrogens (tertiary/aromatic N) is 2. The third-order valence-electron chi connectivity index (χ3n) is 0.706. The molecule has 0 unspecified atom stereocenters. The van der Waals surface area contributed by atoms with Gasteiger partial charge >= 0.3 is 5.95 Å². The molecule has 0 amide bonds. The highest BCUT2D eigenvalue weighted by Gasteiger charge is 2.08. The Morgan fingerprint density at radius 2 is 2.56 bits per heavy atom. The van der Waals surface area contributed by atoms with Crippen molar-refractivity contribution >= 4 is 17.5 Å². The van der Waals surface area contributed by atoms with E-state index in [1.807, 2.05) is 0 Å². The number of nitrogens with one attached hydrogen (secondary N) is 1. The van der Waals surface area contributed by atoms with Crippen molar-refractivity contribution in [3.05, 3.63) is 21.5 Å². The first-order chi connectivity index (χ1) is 4.20. The molecule has 1 rings (SSSR count). The predicted molar refractivity (Wildman–Crippen MR) is 30.3 cm³/mol. The summed E-state index contributed by atoms with van der Waals surface area (Å²) in [7, 11) is 0. The summed E-state index contributed by atoms with van der Waals surface area (Å²) in [5, 5.41) is 9.97. The molecule has 0 bridgehead atoms. The molecule has 0 aliphatic carbocycles. The highest BCUT2D eigenvalue weighted by atomic mass is 35.5. The quantitative estimate of drug-likeness (QED) is 0.475. The van der Waals surface area contributed by atoms with Crippen LogP contribution in [0.25, 0.3) is 0 Å².